The van der Waals surface area contributed by atoms with Crippen molar-refractivity contribution in [1.29, 1.82) is 0 Å². The van der Waals surface area contributed by atoms with E-state index in [1.54, 1.807) is 17.5 Å². The number of thiophene rings is 1. The summed E-state index contributed by atoms with van der Waals surface area (Å²) in [5.74, 6) is 0.725. The Balaban J connectivity index is 1.46. The Morgan fingerprint density at radius 2 is 1.78 bits per heavy atom. The Hall–Kier alpha value is -3.51. The third kappa shape index (κ3) is 2.34. The second-order valence-electron chi connectivity index (χ2n) is 6.34. The molecule has 0 atom stereocenters. The molecular formula is C21H12N4OS. The van der Waals surface area contributed by atoms with Crippen molar-refractivity contribution >= 4 is 43.7 Å². The van der Waals surface area contributed by atoms with Crippen molar-refractivity contribution in [1.82, 2.24) is 19.9 Å². The Morgan fingerprint density at radius 3 is 2.74 bits per heavy atom. The minimum Gasteiger partial charge on any atom is -0.436 e. The van der Waals surface area contributed by atoms with Gasteiger partial charge in [0.05, 0.1) is 11.4 Å². The molecule has 6 aromatic rings. The molecule has 0 unspecified atom stereocenters. The van der Waals surface area contributed by atoms with Crippen molar-refractivity contribution in [2.45, 2.75) is 0 Å². The standard InChI is InChI=1S/C21H12N4OS/c1-2-13-10-17(23-19(13)22-8-1)15-5-4-14-11-18(26-20(14)24-15)16-6-3-12-7-9-27-21(12)25-16/h1-11H,(H,22,23). The van der Waals surface area contributed by atoms with Crippen LogP contribution in [0.2, 0.25) is 0 Å². The monoisotopic (exact) mass is 368 g/mol. The second kappa shape index (κ2) is 5.49. The molecule has 1 N–H and O–H groups in total. The maximum atomic E-state index is 6.02. The number of H-pyrrole nitrogens is 1. The number of nitrogens with zero attached hydrogens (tertiary/aromatic N) is 3. The zero-order valence-corrected chi connectivity index (χ0v) is 14.8. The number of hydrogen-bond acceptors (Lipinski definition) is 5. The second-order valence-corrected chi connectivity index (χ2v) is 7.23. The lowest BCUT2D eigenvalue weighted by atomic mass is 10.2. The summed E-state index contributed by atoms with van der Waals surface area (Å²) in [4.78, 5) is 18.0. The molecule has 0 fully saturated rings. The molecule has 0 aliphatic heterocycles. The summed E-state index contributed by atoms with van der Waals surface area (Å²) in [5, 5.41) is 5.20. The van der Waals surface area contributed by atoms with Crippen LogP contribution >= 0.6 is 11.3 Å². The molecule has 6 aromatic heterocycles. The fourth-order valence-corrected chi connectivity index (χ4v) is 4.04. The maximum Gasteiger partial charge on any atom is 0.227 e. The van der Waals surface area contributed by atoms with E-state index >= 15 is 0 Å². The average molecular weight is 368 g/mol. The first kappa shape index (κ1) is 14.6. The van der Waals surface area contributed by atoms with E-state index in [4.69, 9.17) is 9.40 Å². The summed E-state index contributed by atoms with van der Waals surface area (Å²) in [6.07, 6.45) is 1.77. The zero-order chi connectivity index (χ0) is 17.8. The van der Waals surface area contributed by atoms with Gasteiger partial charge in [0.1, 0.15) is 16.2 Å². The predicted octanol–water partition coefficient (Wildman–Crippen LogP) is 5.65. The van der Waals surface area contributed by atoms with Gasteiger partial charge in [0.2, 0.25) is 5.71 Å². The van der Waals surface area contributed by atoms with Crippen molar-refractivity contribution < 1.29 is 4.42 Å². The van der Waals surface area contributed by atoms with E-state index in [1.165, 1.54) is 0 Å². The topological polar surface area (TPSA) is 67.6 Å². The quantitative estimate of drug-likeness (QED) is 0.429. The van der Waals surface area contributed by atoms with E-state index in [0.717, 1.165) is 49.5 Å². The van der Waals surface area contributed by atoms with Crippen molar-refractivity contribution in [2.75, 3.05) is 0 Å². The Morgan fingerprint density at radius 1 is 0.852 bits per heavy atom. The number of nitrogens with one attached hydrogen (secondary N) is 1. The first-order valence-corrected chi connectivity index (χ1v) is 9.41. The summed E-state index contributed by atoms with van der Waals surface area (Å²) in [5.41, 5.74) is 4.01. The molecule has 0 bridgehead atoms. The van der Waals surface area contributed by atoms with Gasteiger partial charge in [-0.05, 0) is 60.0 Å². The highest BCUT2D eigenvalue weighted by atomic mass is 32.1. The number of rotatable bonds is 2. The fraction of sp³-hybridized carbons (Fsp3) is 0. The Bertz CT molecular complexity index is 1410. The fourth-order valence-electron chi connectivity index (χ4n) is 3.27. The van der Waals surface area contributed by atoms with Crippen LogP contribution in [0.4, 0.5) is 0 Å². The predicted molar refractivity (Wildman–Crippen MR) is 108 cm³/mol. The van der Waals surface area contributed by atoms with E-state index in [9.17, 15) is 0 Å². The molecule has 5 nitrogen and oxygen atoms in total. The molecule has 27 heavy (non-hydrogen) atoms. The Kier molecular flexibility index (Phi) is 2.98. The molecule has 0 aliphatic carbocycles. The summed E-state index contributed by atoms with van der Waals surface area (Å²) in [7, 11) is 0. The van der Waals surface area contributed by atoms with E-state index in [0.29, 0.717) is 5.71 Å². The third-order valence-corrected chi connectivity index (χ3v) is 5.44. The molecule has 0 aromatic carbocycles. The Labute approximate surface area is 157 Å². The summed E-state index contributed by atoms with van der Waals surface area (Å²) in [6.45, 7) is 0. The molecule has 0 amide bonds. The molecule has 0 spiro atoms. The highest BCUT2D eigenvalue weighted by molar-refractivity contribution is 7.16. The van der Waals surface area contributed by atoms with Crippen molar-refractivity contribution in [3.05, 3.63) is 66.2 Å². The van der Waals surface area contributed by atoms with Crippen LogP contribution in [0, 0.1) is 0 Å². The van der Waals surface area contributed by atoms with E-state index < -0.39 is 0 Å². The summed E-state index contributed by atoms with van der Waals surface area (Å²) < 4.78 is 6.02. The maximum absolute atomic E-state index is 6.02. The van der Waals surface area contributed by atoms with Crippen LogP contribution in [0.1, 0.15) is 0 Å². The lowest BCUT2D eigenvalue weighted by molar-refractivity contribution is 0.616. The van der Waals surface area contributed by atoms with Gasteiger partial charge in [-0.1, -0.05) is 0 Å². The van der Waals surface area contributed by atoms with Crippen LogP contribution in [0.5, 0.6) is 0 Å². The van der Waals surface area contributed by atoms with Gasteiger partial charge in [0.15, 0.2) is 5.76 Å². The van der Waals surface area contributed by atoms with Crippen molar-refractivity contribution in [3.63, 3.8) is 0 Å². The summed E-state index contributed by atoms with van der Waals surface area (Å²) >= 11 is 1.63. The molecule has 0 aliphatic rings. The first-order valence-electron chi connectivity index (χ1n) is 8.53. The number of aromatic nitrogens is 4. The minimum absolute atomic E-state index is 0.599. The van der Waals surface area contributed by atoms with Crippen LogP contribution in [0.25, 0.3) is 55.2 Å². The third-order valence-electron chi connectivity index (χ3n) is 4.62. The molecule has 6 rings (SSSR count). The normalized spacial score (nSPS) is 11.7. The molecule has 0 saturated carbocycles. The van der Waals surface area contributed by atoms with E-state index in [2.05, 4.69) is 27.1 Å². The lowest BCUT2D eigenvalue weighted by Crippen LogP contribution is -1.83. The van der Waals surface area contributed by atoms with Gasteiger partial charge in [-0.15, -0.1) is 11.3 Å². The number of furan rings is 1. The van der Waals surface area contributed by atoms with Gasteiger partial charge in [0.25, 0.3) is 0 Å². The summed E-state index contributed by atoms with van der Waals surface area (Å²) in [6, 6.07) is 18.1. The smallest absolute Gasteiger partial charge is 0.227 e. The van der Waals surface area contributed by atoms with Crippen LogP contribution in [-0.2, 0) is 0 Å². The largest absolute Gasteiger partial charge is 0.436 e. The van der Waals surface area contributed by atoms with Gasteiger partial charge in [0, 0.05) is 22.4 Å². The molecule has 128 valence electrons. The number of fused-ring (bicyclic) bond motifs is 3. The number of pyridine rings is 3. The zero-order valence-electron chi connectivity index (χ0n) is 14.0. The first-order chi connectivity index (χ1) is 13.3. The minimum atomic E-state index is 0.599. The number of hydrogen-bond donors (Lipinski definition) is 1. The number of aromatic amines is 1. The molecule has 6 heterocycles. The van der Waals surface area contributed by atoms with Gasteiger partial charge >= 0.3 is 0 Å². The highest BCUT2D eigenvalue weighted by Crippen LogP contribution is 2.30. The van der Waals surface area contributed by atoms with Crippen LogP contribution in [-0.4, -0.2) is 19.9 Å². The van der Waals surface area contributed by atoms with Gasteiger partial charge < -0.3 is 9.40 Å². The molecule has 0 radical (unpaired) electrons. The van der Waals surface area contributed by atoms with Gasteiger partial charge in [-0.25, -0.2) is 15.0 Å². The SMILES string of the molecule is c1cnc2[nH]c(-c3ccc4cc(-c5ccc6ccsc6n5)oc4n3)cc2c1. The lowest BCUT2D eigenvalue weighted by Gasteiger charge is -1.96. The van der Waals surface area contributed by atoms with Crippen molar-refractivity contribution in [3.8, 4) is 22.8 Å². The molecular weight excluding hydrogens is 356 g/mol. The molecule has 0 saturated heterocycles. The molecule has 6 heteroatoms. The highest BCUT2D eigenvalue weighted by Gasteiger charge is 2.12. The van der Waals surface area contributed by atoms with E-state index in [1.807, 2.05) is 47.8 Å². The van der Waals surface area contributed by atoms with E-state index in [-0.39, 0.29) is 0 Å². The van der Waals surface area contributed by atoms with Crippen LogP contribution < -0.4 is 0 Å². The van der Waals surface area contributed by atoms with Crippen LogP contribution in [0.3, 0.4) is 0 Å². The van der Waals surface area contributed by atoms with Gasteiger partial charge in [-0.2, -0.15) is 0 Å². The average Bonchev–Trinajstić information content (AvgIpc) is 3.42. The van der Waals surface area contributed by atoms with Crippen LogP contribution in [0.15, 0.2) is 70.6 Å². The van der Waals surface area contributed by atoms with Crippen molar-refractivity contribution in [2.24, 2.45) is 0 Å². The van der Waals surface area contributed by atoms with Gasteiger partial charge in [-0.3, -0.25) is 0 Å².